The highest BCUT2D eigenvalue weighted by molar-refractivity contribution is 5.46. The molecule has 0 heterocycles. The van der Waals surface area contributed by atoms with Gasteiger partial charge in [0.05, 0.1) is 6.10 Å². The lowest BCUT2D eigenvalue weighted by Gasteiger charge is -2.17. The van der Waals surface area contributed by atoms with Gasteiger partial charge in [0.1, 0.15) is 0 Å². The van der Waals surface area contributed by atoms with Gasteiger partial charge in [-0.25, -0.2) is 0 Å². The number of hydrogen-bond donors (Lipinski definition) is 1. The van der Waals surface area contributed by atoms with Crippen molar-refractivity contribution in [3.05, 3.63) is 29.8 Å². The molecule has 0 bridgehead atoms. The van der Waals surface area contributed by atoms with Crippen molar-refractivity contribution in [1.29, 1.82) is 0 Å². The summed E-state index contributed by atoms with van der Waals surface area (Å²) < 4.78 is 0. The highest BCUT2D eigenvalue weighted by atomic mass is 16.3. The number of aliphatic hydroxyl groups is 1. The summed E-state index contributed by atoms with van der Waals surface area (Å²) in [5.41, 5.74) is 2.24. The Kier molecular flexibility index (Phi) is 4.06. The van der Waals surface area contributed by atoms with Crippen molar-refractivity contribution in [3.8, 4) is 0 Å². The molecule has 0 radical (unpaired) electrons. The molecule has 0 spiro atoms. The van der Waals surface area contributed by atoms with Crippen LogP contribution in [0.15, 0.2) is 24.3 Å². The molecule has 0 amide bonds. The smallest absolute Gasteiger partial charge is 0.0792 e. The van der Waals surface area contributed by atoms with Gasteiger partial charge in [0.25, 0.3) is 0 Å². The van der Waals surface area contributed by atoms with Crippen molar-refractivity contribution in [2.75, 3.05) is 19.0 Å². The Morgan fingerprint density at radius 3 is 2.29 bits per heavy atom. The highest BCUT2D eigenvalue weighted by Crippen LogP contribution is 2.33. The molecule has 1 atom stereocenters. The van der Waals surface area contributed by atoms with Gasteiger partial charge in [-0.15, -0.1) is 0 Å². The number of hydrogen-bond acceptors (Lipinski definition) is 2. The lowest BCUT2D eigenvalue weighted by Crippen LogP contribution is -2.09. The summed E-state index contributed by atoms with van der Waals surface area (Å²) in [7, 11) is 4.06. The van der Waals surface area contributed by atoms with E-state index in [1.54, 1.807) is 0 Å². The minimum atomic E-state index is -0.283. The maximum Gasteiger partial charge on any atom is 0.0792 e. The van der Waals surface area contributed by atoms with E-state index in [1.165, 1.54) is 31.4 Å². The van der Waals surface area contributed by atoms with Gasteiger partial charge in [-0.05, 0) is 30.0 Å². The van der Waals surface area contributed by atoms with Gasteiger partial charge in [0.2, 0.25) is 0 Å². The molecule has 1 unspecified atom stereocenters. The van der Waals surface area contributed by atoms with Crippen LogP contribution < -0.4 is 4.90 Å². The van der Waals surface area contributed by atoms with Crippen LogP contribution in [0.1, 0.15) is 43.8 Å². The van der Waals surface area contributed by atoms with Crippen LogP contribution in [0.5, 0.6) is 0 Å². The SMILES string of the molecule is CN(C)c1ccc(C(O)CC2CCCC2)cc1. The van der Waals surface area contributed by atoms with Gasteiger partial charge >= 0.3 is 0 Å². The van der Waals surface area contributed by atoms with E-state index in [4.69, 9.17) is 0 Å². The second kappa shape index (κ2) is 5.54. The van der Waals surface area contributed by atoms with Crippen molar-refractivity contribution >= 4 is 5.69 Å². The largest absolute Gasteiger partial charge is 0.388 e. The van der Waals surface area contributed by atoms with E-state index >= 15 is 0 Å². The summed E-state index contributed by atoms with van der Waals surface area (Å²) in [6, 6.07) is 8.25. The van der Waals surface area contributed by atoms with E-state index in [0.717, 1.165) is 17.9 Å². The predicted molar refractivity (Wildman–Crippen MR) is 72.3 cm³/mol. The molecule has 2 heteroatoms. The Bertz CT molecular complexity index is 338. The molecular formula is C15H23NO. The maximum absolute atomic E-state index is 10.2. The molecule has 2 nitrogen and oxygen atoms in total. The number of rotatable bonds is 4. The average Bonchev–Trinajstić information content (AvgIpc) is 2.82. The number of aliphatic hydroxyl groups excluding tert-OH is 1. The Morgan fingerprint density at radius 1 is 1.18 bits per heavy atom. The second-order valence-electron chi connectivity index (χ2n) is 5.39. The van der Waals surface area contributed by atoms with Crippen LogP contribution >= 0.6 is 0 Å². The van der Waals surface area contributed by atoms with E-state index in [-0.39, 0.29) is 6.10 Å². The van der Waals surface area contributed by atoms with Crippen LogP contribution in [-0.2, 0) is 0 Å². The molecule has 2 rings (SSSR count). The third kappa shape index (κ3) is 3.22. The summed E-state index contributed by atoms with van der Waals surface area (Å²) >= 11 is 0. The van der Waals surface area contributed by atoms with Crippen molar-refractivity contribution in [3.63, 3.8) is 0 Å². The van der Waals surface area contributed by atoms with Gasteiger partial charge in [-0.2, -0.15) is 0 Å². The third-order valence-electron chi connectivity index (χ3n) is 3.83. The van der Waals surface area contributed by atoms with E-state index in [2.05, 4.69) is 29.2 Å². The first kappa shape index (κ1) is 12.4. The van der Waals surface area contributed by atoms with Gasteiger partial charge in [0, 0.05) is 19.8 Å². The summed E-state index contributed by atoms with van der Waals surface area (Å²) in [5, 5.41) is 10.2. The Balaban J connectivity index is 1.96. The number of anilines is 1. The first-order chi connectivity index (χ1) is 8.16. The average molecular weight is 233 g/mol. The standard InChI is InChI=1S/C15H23NO/c1-16(2)14-9-7-13(8-10-14)15(17)11-12-5-3-4-6-12/h7-10,12,15,17H,3-6,11H2,1-2H3. The molecule has 1 aliphatic carbocycles. The molecule has 1 saturated carbocycles. The van der Waals surface area contributed by atoms with Gasteiger partial charge in [-0.3, -0.25) is 0 Å². The lowest BCUT2D eigenvalue weighted by atomic mass is 9.95. The molecule has 1 fully saturated rings. The third-order valence-corrected chi connectivity index (χ3v) is 3.83. The quantitative estimate of drug-likeness (QED) is 0.862. The zero-order valence-corrected chi connectivity index (χ0v) is 10.9. The normalized spacial score (nSPS) is 18.3. The van der Waals surface area contributed by atoms with Crippen LogP contribution in [0.3, 0.4) is 0 Å². The molecule has 0 aliphatic heterocycles. The molecule has 1 aromatic carbocycles. The topological polar surface area (TPSA) is 23.5 Å². The zero-order valence-electron chi connectivity index (χ0n) is 10.9. The Labute approximate surface area is 104 Å². The van der Waals surface area contributed by atoms with E-state index in [1.807, 2.05) is 14.1 Å². The second-order valence-corrected chi connectivity index (χ2v) is 5.39. The highest BCUT2D eigenvalue weighted by Gasteiger charge is 2.19. The summed E-state index contributed by atoms with van der Waals surface area (Å²) in [4.78, 5) is 2.08. The fourth-order valence-corrected chi connectivity index (χ4v) is 2.69. The number of benzene rings is 1. The van der Waals surface area contributed by atoms with Gasteiger partial charge < -0.3 is 10.0 Å². The maximum atomic E-state index is 10.2. The molecule has 1 aromatic rings. The lowest BCUT2D eigenvalue weighted by molar-refractivity contribution is 0.145. The molecule has 0 aromatic heterocycles. The minimum Gasteiger partial charge on any atom is -0.388 e. The fraction of sp³-hybridized carbons (Fsp3) is 0.600. The zero-order chi connectivity index (χ0) is 12.3. The molecular weight excluding hydrogens is 210 g/mol. The summed E-state index contributed by atoms with van der Waals surface area (Å²) in [5.74, 6) is 0.735. The number of nitrogens with zero attached hydrogens (tertiary/aromatic N) is 1. The monoisotopic (exact) mass is 233 g/mol. The van der Waals surface area contributed by atoms with E-state index in [0.29, 0.717) is 0 Å². The van der Waals surface area contributed by atoms with Gasteiger partial charge in [-0.1, -0.05) is 37.8 Å². The van der Waals surface area contributed by atoms with Crippen LogP contribution in [0, 0.1) is 5.92 Å². The van der Waals surface area contributed by atoms with Crippen molar-refractivity contribution in [2.45, 2.75) is 38.2 Å². The first-order valence-corrected chi connectivity index (χ1v) is 6.62. The Hall–Kier alpha value is -1.02. The fourth-order valence-electron chi connectivity index (χ4n) is 2.69. The van der Waals surface area contributed by atoms with Crippen LogP contribution in [0.4, 0.5) is 5.69 Å². The van der Waals surface area contributed by atoms with Crippen LogP contribution in [0.25, 0.3) is 0 Å². The predicted octanol–water partition coefficient (Wildman–Crippen LogP) is 3.37. The van der Waals surface area contributed by atoms with Crippen molar-refractivity contribution < 1.29 is 5.11 Å². The first-order valence-electron chi connectivity index (χ1n) is 6.62. The molecule has 0 saturated heterocycles. The van der Waals surface area contributed by atoms with Gasteiger partial charge in [0.15, 0.2) is 0 Å². The van der Waals surface area contributed by atoms with Crippen molar-refractivity contribution in [1.82, 2.24) is 0 Å². The summed E-state index contributed by atoms with van der Waals surface area (Å²) in [6.45, 7) is 0. The van der Waals surface area contributed by atoms with Crippen LogP contribution in [0.2, 0.25) is 0 Å². The molecule has 1 aliphatic rings. The molecule has 94 valence electrons. The van der Waals surface area contributed by atoms with E-state index in [9.17, 15) is 5.11 Å². The van der Waals surface area contributed by atoms with Crippen LogP contribution in [-0.4, -0.2) is 19.2 Å². The molecule has 1 N–H and O–H groups in total. The minimum absolute atomic E-state index is 0.283. The molecule has 17 heavy (non-hydrogen) atoms. The van der Waals surface area contributed by atoms with Crippen molar-refractivity contribution in [2.24, 2.45) is 5.92 Å². The summed E-state index contributed by atoms with van der Waals surface area (Å²) in [6.07, 6.45) is 5.93. The van der Waals surface area contributed by atoms with E-state index < -0.39 is 0 Å². The Morgan fingerprint density at radius 2 is 1.76 bits per heavy atom.